The molecule has 0 unspecified atom stereocenters. The molecule has 0 radical (unpaired) electrons. The summed E-state index contributed by atoms with van der Waals surface area (Å²) in [7, 11) is 4.91. The minimum atomic E-state index is -0.266. The summed E-state index contributed by atoms with van der Waals surface area (Å²) in [6.07, 6.45) is 0. The topological polar surface area (TPSA) is 82.0 Å². The Morgan fingerprint density at radius 3 is 2.40 bits per heavy atom. The van der Waals surface area contributed by atoms with E-state index in [2.05, 4.69) is 35.8 Å². The molecular weight excluding hydrogens is 320 g/mol. The summed E-state index contributed by atoms with van der Waals surface area (Å²) in [5, 5.41) is 4.93. The highest BCUT2D eigenvalue weighted by atomic mass is 16.5. The number of nitrogens with zero attached hydrogens (tertiary/aromatic N) is 3. The zero-order valence-electron chi connectivity index (χ0n) is 15.3. The molecule has 7 heteroatoms. The molecule has 0 saturated heterocycles. The van der Waals surface area contributed by atoms with Crippen LogP contribution in [0.3, 0.4) is 0 Å². The lowest BCUT2D eigenvalue weighted by atomic mass is 9.92. The van der Waals surface area contributed by atoms with Crippen LogP contribution in [0.1, 0.15) is 26.5 Å². The van der Waals surface area contributed by atoms with Crippen molar-refractivity contribution < 1.29 is 9.47 Å². The Morgan fingerprint density at radius 2 is 1.84 bits per heavy atom. The molecule has 0 saturated carbocycles. The second-order valence-corrected chi connectivity index (χ2v) is 6.93. The SMILES string of the molecule is COc1cc(OC)c2c(=O)[nH]c(-c3cc(C(C)(C)C)nn3C)nc2c1. The van der Waals surface area contributed by atoms with Crippen molar-refractivity contribution in [2.45, 2.75) is 26.2 Å². The molecule has 0 atom stereocenters. The first-order chi connectivity index (χ1) is 11.7. The first-order valence-electron chi connectivity index (χ1n) is 7.95. The van der Waals surface area contributed by atoms with Crippen LogP contribution in [0.4, 0.5) is 0 Å². The lowest BCUT2D eigenvalue weighted by Gasteiger charge is -2.13. The highest BCUT2D eigenvalue weighted by Crippen LogP contribution is 2.29. The van der Waals surface area contributed by atoms with Crippen molar-refractivity contribution in [1.29, 1.82) is 0 Å². The average molecular weight is 342 g/mol. The highest BCUT2D eigenvalue weighted by molar-refractivity contribution is 5.87. The molecule has 0 aliphatic carbocycles. The monoisotopic (exact) mass is 342 g/mol. The van der Waals surface area contributed by atoms with E-state index in [1.165, 1.54) is 7.11 Å². The predicted octanol–water partition coefficient (Wildman–Crippen LogP) is 2.64. The number of nitrogens with one attached hydrogen (secondary N) is 1. The fraction of sp³-hybridized carbons (Fsp3) is 0.389. The Labute approximate surface area is 145 Å². The number of aryl methyl sites for hydroxylation is 1. The summed E-state index contributed by atoms with van der Waals surface area (Å²) >= 11 is 0. The number of methoxy groups -OCH3 is 2. The number of hydrogen-bond donors (Lipinski definition) is 1. The largest absolute Gasteiger partial charge is 0.497 e. The van der Waals surface area contributed by atoms with Crippen molar-refractivity contribution >= 4 is 10.9 Å². The normalized spacial score (nSPS) is 11.8. The number of aromatic amines is 1. The molecule has 1 N–H and O–H groups in total. The van der Waals surface area contributed by atoms with Gasteiger partial charge in [-0.2, -0.15) is 5.10 Å². The lowest BCUT2D eigenvalue weighted by molar-refractivity contribution is 0.397. The fourth-order valence-corrected chi connectivity index (χ4v) is 2.67. The summed E-state index contributed by atoms with van der Waals surface area (Å²) in [6, 6.07) is 5.33. The summed E-state index contributed by atoms with van der Waals surface area (Å²) in [4.78, 5) is 20.1. The van der Waals surface area contributed by atoms with Crippen molar-refractivity contribution in [3.8, 4) is 23.0 Å². The van der Waals surface area contributed by atoms with Gasteiger partial charge in [0.15, 0.2) is 5.82 Å². The van der Waals surface area contributed by atoms with Gasteiger partial charge in [0.05, 0.1) is 25.4 Å². The maximum Gasteiger partial charge on any atom is 0.262 e. The smallest absolute Gasteiger partial charge is 0.262 e. The average Bonchev–Trinajstić information content (AvgIpc) is 2.95. The van der Waals surface area contributed by atoms with E-state index in [9.17, 15) is 4.79 Å². The van der Waals surface area contributed by atoms with E-state index in [4.69, 9.17) is 9.47 Å². The third-order valence-corrected chi connectivity index (χ3v) is 4.09. The van der Waals surface area contributed by atoms with Crippen molar-refractivity contribution in [2.24, 2.45) is 7.05 Å². The molecule has 2 aromatic heterocycles. The Balaban J connectivity index is 2.26. The molecule has 3 aromatic rings. The number of H-pyrrole nitrogens is 1. The molecule has 0 spiro atoms. The zero-order chi connectivity index (χ0) is 18.4. The molecule has 0 bridgehead atoms. The van der Waals surface area contributed by atoms with Crippen LogP contribution in [-0.4, -0.2) is 34.0 Å². The summed E-state index contributed by atoms with van der Waals surface area (Å²) in [5.41, 5.74) is 1.81. The van der Waals surface area contributed by atoms with Crippen LogP contribution in [-0.2, 0) is 12.5 Å². The van der Waals surface area contributed by atoms with E-state index in [0.717, 1.165) is 11.4 Å². The van der Waals surface area contributed by atoms with Gasteiger partial charge in [0, 0.05) is 24.6 Å². The second-order valence-electron chi connectivity index (χ2n) is 6.93. The molecule has 0 amide bonds. The Kier molecular flexibility index (Phi) is 4.02. The number of fused-ring (bicyclic) bond motifs is 1. The van der Waals surface area contributed by atoms with Gasteiger partial charge >= 0.3 is 0 Å². The standard InChI is InChI=1S/C18H22N4O3/c1-18(2,3)14-9-12(22(4)21-14)16-19-11-7-10(24-5)8-13(25-6)15(11)17(23)20-16/h7-9H,1-6H3,(H,19,20,23). The van der Waals surface area contributed by atoms with Crippen molar-refractivity contribution in [3.05, 3.63) is 34.2 Å². The van der Waals surface area contributed by atoms with Crippen LogP contribution in [0.2, 0.25) is 0 Å². The van der Waals surface area contributed by atoms with Crippen LogP contribution >= 0.6 is 0 Å². The van der Waals surface area contributed by atoms with Gasteiger partial charge in [0.1, 0.15) is 22.6 Å². The lowest BCUT2D eigenvalue weighted by Crippen LogP contribution is -2.12. The Hall–Kier alpha value is -2.83. The van der Waals surface area contributed by atoms with Gasteiger partial charge in [-0.1, -0.05) is 20.8 Å². The first-order valence-corrected chi connectivity index (χ1v) is 7.95. The molecule has 25 heavy (non-hydrogen) atoms. The fourth-order valence-electron chi connectivity index (χ4n) is 2.67. The van der Waals surface area contributed by atoms with Crippen LogP contribution in [0.15, 0.2) is 23.0 Å². The van der Waals surface area contributed by atoms with E-state index in [1.807, 2.05) is 13.1 Å². The molecule has 1 aromatic carbocycles. The van der Waals surface area contributed by atoms with Gasteiger partial charge in [-0.25, -0.2) is 4.98 Å². The molecule has 0 fully saturated rings. The third kappa shape index (κ3) is 2.97. The Bertz CT molecular complexity index is 996. The molecule has 132 valence electrons. The zero-order valence-corrected chi connectivity index (χ0v) is 15.3. The highest BCUT2D eigenvalue weighted by Gasteiger charge is 2.21. The summed E-state index contributed by atoms with van der Waals surface area (Å²) in [6.45, 7) is 6.27. The van der Waals surface area contributed by atoms with Crippen LogP contribution in [0, 0.1) is 0 Å². The number of hydrogen-bond acceptors (Lipinski definition) is 5. The van der Waals surface area contributed by atoms with Gasteiger partial charge in [-0.05, 0) is 6.07 Å². The van der Waals surface area contributed by atoms with E-state index in [-0.39, 0.29) is 11.0 Å². The van der Waals surface area contributed by atoms with Crippen molar-refractivity contribution in [3.63, 3.8) is 0 Å². The molecule has 0 aliphatic heterocycles. The molecule has 0 aliphatic rings. The predicted molar refractivity (Wildman–Crippen MR) is 96.4 cm³/mol. The van der Waals surface area contributed by atoms with Gasteiger partial charge in [0.25, 0.3) is 5.56 Å². The van der Waals surface area contributed by atoms with Gasteiger partial charge in [-0.3, -0.25) is 9.48 Å². The van der Waals surface area contributed by atoms with E-state index in [0.29, 0.717) is 28.2 Å². The van der Waals surface area contributed by atoms with Gasteiger partial charge < -0.3 is 14.5 Å². The minimum absolute atomic E-state index is 0.0976. The molecule has 7 nitrogen and oxygen atoms in total. The van der Waals surface area contributed by atoms with E-state index >= 15 is 0 Å². The summed E-state index contributed by atoms with van der Waals surface area (Å²) in [5.74, 6) is 1.46. The van der Waals surface area contributed by atoms with E-state index < -0.39 is 0 Å². The second kappa shape index (κ2) is 5.91. The van der Waals surface area contributed by atoms with Gasteiger partial charge in [0.2, 0.25) is 0 Å². The number of ether oxygens (including phenoxy) is 2. The molecule has 2 heterocycles. The molecular formula is C18H22N4O3. The van der Waals surface area contributed by atoms with Crippen LogP contribution < -0.4 is 15.0 Å². The van der Waals surface area contributed by atoms with Crippen LogP contribution in [0.25, 0.3) is 22.4 Å². The number of rotatable bonds is 3. The minimum Gasteiger partial charge on any atom is -0.497 e. The maximum atomic E-state index is 12.6. The Morgan fingerprint density at radius 1 is 1.12 bits per heavy atom. The quantitative estimate of drug-likeness (QED) is 0.791. The van der Waals surface area contributed by atoms with Crippen LogP contribution in [0.5, 0.6) is 11.5 Å². The number of aromatic nitrogens is 4. The van der Waals surface area contributed by atoms with Gasteiger partial charge in [-0.15, -0.1) is 0 Å². The van der Waals surface area contributed by atoms with E-state index in [1.54, 1.807) is 23.9 Å². The van der Waals surface area contributed by atoms with Crippen molar-refractivity contribution in [1.82, 2.24) is 19.7 Å². The maximum absolute atomic E-state index is 12.6. The first kappa shape index (κ1) is 17.0. The number of benzene rings is 1. The molecule has 3 rings (SSSR count). The van der Waals surface area contributed by atoms with Crippen molar-refractivity contribution in [2.75, 3.05) is 14.2 Å². The summed E-state index contributed by atoms with van der Waals surface area (Å²) < 4.78 is 12.3. The third-order valence-electron chi connectivity index (χ3n) is 4.09.